The molecule has 0 amide bonds. The number of aliphatic hydroxyl groups excluding tert-OH is 1. The minimum absolute atomic E-state index is 0.0312. The van der Waals surface area contributed by atoms with E-state index in [1.807, 2.05) is 0 Å². The van der Waals surface area contributed by atoms with Crippen molar-refractivity contribution in [3.05, 3.63) is 34.1 Å². The maximum atomic E-state index is 14.6. The Morgan fingerprint density at radius 1 is 1.14 bits per heavy atom. The van der Waals surface area contributed by atoms with Gasteiger partial charge >= 0.3 is 0 Å². The fourth-order valence-corrected chi connectivity index (χ4v) is 5.45. The molecular formula is C21H28FN3O2S. The smallest absolute Gasteiger partial charge is 0.261 e. The molecule has 7 heteroatoms. The summed E-state index contributed by atoms with van der Waals surface area (Å²) < 4.78 is 14.6. The van der Waals surface area contributed by atoms with Crippen LogP contribution >= 0.6 is 11.8 Å². The molecule has 152 valence electrons. The monoisotopic (exact) mass is 405 g/mol. The van der Waals surface area contributed by atoms with Gasteiger partial charge in [0.25, 0.3) is 5.56 Å². The number of fused-ring (bicyclic) bond motifs is 1. The minimum atomic E-state index is -0.523. The molecule has 0 bridgehead atoms. The SMILES string of the molecule is O=c1[nH]c(CS[C@H]2CC[C@H](O)CC2)nc2cc(NC3CCCCC3)cc(F)c12. The van der Waals surface area contributed by atoms with Crippen molar-refractivity contribution in [1.82, 2.24) is 9.97 Å². The first-order chi connectivity index (χ1) is 13.6. The highest BCUT2D eigenvalue weighted by Crippen LogP contribution is 2.30. The number of thioether (sulfide) groups is 1. The number of anilines is 1. The quantitative estimate of drug-likeness (QED) is 0.690. The average molecular weight is 406 g/mol. The van der Waals surface area contributed by atoms with Crippen molar-refractivity contribution < 1.29 is 9.50 Å². The Hall–Kier alpha value is -1.60. The predicted octanol–water partition coefficient (Wildman–Crippen LogP) is 4.34. The summed E-state index contributed by atoms with van der Waals surface area (Å²) in [6.45, 7) is 0. The van der Waals surface area contributed by atoms with Crippen molar-refractivity contribution in [3.8, 4) is 0 Å². The third kappa shape index (κ3) is 4.69. The summed E-state index contributed by atoms with van der Waals surface area (Å²) in [5, 5.41) is 13.5. The Labute approximate surface area is 168 Å². The van der Waals surface area contributed by atoms with Gasteiger partial charge in [-0.1, -0.05) is 19.3 Å². The van der Waals surface area contributed by atoms with E-state index < -0.39 is 11.4 Å². The van der Waals surface area contributed by atoms with Crippen LogP contribution in [0.15, 0.2) is 16.9 Å². The van der Waals surface area contributed by atoms with E-state index in [0.29, 0.717) is 34.1 Å². The van der Waals surface area contributed by atoms with Gasteiger partial charge < -0.3 is 15.4 Å². The Morgan fingerprint density at radius 3 is 2.64 bits per heavy atom. The Bertz CT molecular complexity index is 874. The zero-order valence-corrected chi connectivity index (χ0v) is 16.9. The molecule has 1 aromatic carbocycles. The summed E-state index contributed by atoms with van der Waals surface area (Å²) >= 11 is 1.75. The van der Waals surface area contributed by atoms with Crippen LogP contribution < -0.4 is 10.9 Å². The highest BCUT2D eigenvalue weighted by Gasteiger charge is 2.20. The molecule has 0 radical (unpaired) electrons. The van der Waals surface area contributed by atoms with Gasteiger partial charge in [-0.15, -0.1) is 0 Å². The number of benzene rings is 1. The molecule has 2 saturated carbocycles. The minimum Gasteiger partial charge on any atom is -0.393 e. The highest BCUT2D eigenvalue weighted by atomic mass is 32.2. The van der Waals surface area contributed by atoms with Crippen molar-refractivity contribution in [1.29, 1.82) is 0 Å². The van der Waals surface area contributed by atoms with Crippen LogP contribution in [0.1, 0.15) is 63.6 Å². The molecule has 5 nitrogen and oxygen atoms in total. The van der Waals surface area contributed by atoms with Gasteiger partial charge in [0, 0.05) is 17.0 Å². The topological polar surface area (TPSA) is 78.0 Å². The van der Waals surface area contributed by atoms with E-state index in [1.165, 1.54) is 25.3 Å². The molecule has 2 aliphatic rings. The fourth-order valence-electron chi connectivity index (χ4n) is 4.32. The van der Waals surface area contributed by atoms with Crippen molar-refractivity contribution in [2.75, 3.05) is 5.32 Å². The maximum Gasteiger partial charge on any atom is 0.261 e. The van der Waals surface area contributed by atoms with E-state index in [2.05, 4.69) is 15.3 Å². The van der Waals surface area contributed by atoms with Crippen LogP contribution in [0.25, 0.3) is 10.9 Å². The summed E-state index contributed by atoms with van der Waals surface area (Å²) in [4.78, 5) is 19.7. The second-order valence-corrected chi connectivity index (χ2v) is 9.37. The molecular weight excluding hydrogens is 377 g/mol. The molecule has 0 atom stereocenters. The number of halogens is 1. The van der Waals surface area contributed by atoms with Crippen molar-refractivity contribution in [2.24, 2.45) is 0 Å². The van der Waals surface area contributed by atoms with E-state index in [-0.39, 0.29) is 11.5 Å². The molecule has 1 aromatic heterocycles. The maximum absolute atomic E-state index is 14.6. The predicted molar refractivity (Wildman–Crippen MR) is 112 cm³/mol. The number of aromatic nitrogens is 2. The largest absolute Gasteiger partial charge is 0.393 e. The van der Waals surface area contributed by atoms with E-state index in [9.17, 15) is 14.3 Å². The third-order valence-corrected chi connectivity index (χ3v) is 7.27. The van der Waals surface area contributed by atoms with Crippen molar-refractivity contribution in [3.63, 3.8) is 0 Å². The molecule has 2 fully saturated rings. The van der Waals surface area contributed by atoms with Gasteiger partial charge in [0.1, 0.15) is 17.0 Å². The summed E-state index contributed by atoms with van der Waals surface area (Å²) in [7, 11) is 0. The van der Waals surface area contributed by atoms with Crippen LogP contribution in [-0.4, -0.2) is 32.5 Å². The molecule has 0 unspecified atom stereocenters. The molecule has 2 aliphatic carbocycles. The number of rotatable bonds is 5. The van der Waals surface area contributed by atoms with Gasteiger partial charge in [-0.3, -0.25) is 4.79 Å². The number of H-pyrrole nitrogens is 1. The zero-order valence-electron chi connectivity index (χ0n) is 16.0. The zero-order chi connectivity index (χ0) is 19.5. The second kappa shape index (κ2) is 8.82. The molecule has 0 spiro atoms. The second-order valence-electron chi connectivity index (χ2n) is 8.09. The highest BCUT2D eigenvalue weighted by molar-refractivity contribution is 7.99. The van der Waals surface area contributed by atoms with Gasteiger partial charge in [-0.05, 0) is 50.7 Å². The lowest BCUT2D eigenvalue weighted by Gasteiger charge is -2.24. The molecule has 1 heterocycles. The summed E-state index contributed by atoms with van der Waals surface area (Å²) in [5.41, 5.74) is 0.702. The van der Waals surface area contributed by atoms with Gasteiger partial charge in [0.2, 0.25) is 0 Å². The number of nitrogens with one attached hydrogen (secondary N) is 2. The third-order valence-electron chi connectivity index (χ3n) is 5.89. The summed E-state index contributed by atoms with van der Waals surface area (Å²) in [5.74, 6) is 0.654. The number of hydrogen-bond donors (Lipinski definition) is 3. The molecule has 3 N–H and O–H groups in total. The van der Waals surface area contributed by atoms with E-state index in [1.54, 1.807) is 17.8 Å². The van der Waals surface area contributed by atoms with Crippen molar-refractivity contribution in [2.45, 2.75) is 80.9 Å². The standard InChI is InChI=1S/C21H28FN3O2S/c22-17-10-14(23-13-4-2-1-3-5-13)11-18-20(17)21(27)25-19(24-18)12-28-16-8-6-15(26)7-9-16/h10-11,13,15-16,23,26H,1-9,12H2,(H,24,25,27)/t15-,16-. The van der Waals surface area contributed by atoms with Gasteiger partial charge in [-0.2, -0.15) is 11.8 Å². The number of aromatic amines is 1. The molecule has 0 saturated heterocycles. The Kier molecular flexibility index (Phi) is 6.21. The van der Waals surface area contributed by atoms with E-state index in [4.69, 9.17) is 0 Å². The van der Waals surface area contributed by atoms with Gasteiger partial charge in [-0.25, -0.2) is 9.37 Å². The molecule has 0 aliphatic heterocycles. The lowest BCUT2D eigenvalue weighted by molar-refractivity contribution is 0.132. The average Bonchev–Trinajstić information content (AvgIpc) is 2.68. The van der Waals surface area contributed by atoms with Crippen LogP contribution in [-0.2, 0) is 5.75 Å². The Morgan fingerprint density at radius 2 is 1.89 bits per heavy atom. The molecule has 4 rings (SSSR count). The lowest BCUT2D eigenvalue weighted by Crippen LogP contribution is -2.22. The van der Waals surface area contributed by atoms with Gasteiger partial charge in [0.15, 0.2) is 0 Å². The van der Waals surface area contributed by atoms with Crippen LogP contribution in [0.5, 0.6) is 0 Å². The summed E-state index contributed by atoms with van der Waals surface area (Å²) in [6, 6.07) is 3.58. The number of nitrogens with zero attached hydrogens (tertiary/aromatic N) is 1. The van der Waals surface area contributed by atoms with Crippen molar-refractivity contribution >= 4 is 28.4 Å². The van der Waals surface area contributed by atoms with Crippen LogP contribution in [0.3, 0.4) is 0 Å². The normalized spacial score (nSPS) is 23.8. The fraction of sp³-hybridized carbons (Fsp3) is 0.619. The first-order valence-electron chi connectivity index (χ1n) is 10.4. The number of aliphatic hydroxyl groups is 1. The van der Waals surface area contributed by atoms with Crippen LogP contribution in [0, 0.1) is 5.82 Å². The van der Waals surface area contributed by atoms with Gasteiger partial charge in [0.05, 0.1) is 17.4 Å². The first kappa shape index (κ1) is 19.7. The van der Waals surface area contributed by atoms with Crippen LogP contribution in [0.2, 0.25) is 0 Å². The summed E-state index contributed by atoms with van der Waals surface area (Å²) in [6.07, 6.45) is 9.32. The Balaban J connectivity index is 1.51. The molecule has 2 aromatic rings. The number of hydrogen-bond acceptors (Lipinski definition) is 5. The van der Waals surface area contributed by atoms with E-state index >= 15 is 0 Å². The first-order valence-corrected chi connectivity index (χ1v) is 11.4. The van der Waals surface area contributed by atoms with Crippen LogP contribution in [0.4, 0.5) is 10.1 Å². The lowest BCUT2D eigenvalue weighted by atomic mass is 9.95. The molecule has 28 heavy (non-hydrogen) atoms. The van der Waals surface area contributed by atoms with E-state index in [0.717, 1.165) is 38.5 Å².